The van der Waals surface area contributed by atoms with Crippen LogP contribution in [0.4, 0.5) is 0 Å². The fraction of sp³-hybridized carbons (Fsp3) is 0.444. The summed E-state index contributed by atoms with van der Waals surface area (Å²) >= 11 is 1.75. The van der Waals surface area contributed by atoms with Gasteiger partial charge < -0.3 is 10.2 Å². The molecule has 2 aromatic rings. The summed E-state index contributed by atoms with van der Waals surface area (Å²) in [5.74, 6) is -0.102. The normalized spacial score (nSPS) is 17.6. The minimum atomic E-state index is -0.102. The largest absolute Gasteiger partial charge is 0.349 e. The highest BCUT2D eigenvalue weighted by atomic mass is 32.1. The van der Waals surface area contributed by atoms with Crippen LogP contribution >= 0.6 is 11.3 Å². The Morgan fingerprint density at radius 1 is 1.25 bits per heavy atom. The number of rotatable bonds is 5. The number of aromatic nitrogens is 1. The van der Waals surface area contributed by atoms with Crippen molar-refractivity contribution >= 4 is 17.2 Å². The van der Waals surface area contributed by atoms with Crippen molar-refractivity contribution in [2.75, 3.05) is 39.8 Å². The van der Waals surface area contributed by atoms with Gasteiger partial charge in [-0.3, -0.25) is 9.69 Å². The van der Waals surface area contributed by atoms with Crippen LogP contribution < -0.4 is 5.32 Å². The van der Waals surface area contributed by atoms with Gasteiger partial charge in [0.2, 0.25) is 0 Å². The molecule has 1 saturated heterocycles. The van der Waals surface area contributed by atoms with Crippen molar-refractivity contribution in [1.29, 1.82) is 0 Å². The first-order valence-electron chi connectivity index (χ1n) is 8.31. The number of amides is 1. The highest BCUT2D eigenvalue weighted by Gasteiger charge is 2.25. The standard InChI is InChI=1S/C18H24N4OS/c1-14-5-3-6-15(20-14)18(23)19-13-16(17-7-4-12-24-17)22-10-8-21(2)9-11-22/h3-7,12,16H,8-11,13H2,1-2H3,(H,19,23)/t16-/m0/s1. The molecule has 0 unspecified atom stereocenters. The third-order valence-corrected chi connectivity index (χ3v) is 5.40. The second-order valence-corrected chi connectivity index (χ2v) is 7.22. The van der Waals surface area contributed by atoms with Crippen molar-refractivity contribution < 1.29 is 4.79 Å². The van der Waals surface area contributed by atoms with Crippen LogP contribution in [0.5, 0.6) is 0 Å². The summed E-state index contributed by atoms with van der Waals surface area (Å²) in [4.78, 5) is 22.8. The van der Waals surface area contributed by atoms with Crippen molar-refractivity contribution in [2.45, 2.75) is 13.0 Å². The monoisotopic (exact) mass is 344 g/mol. The minimum absolute atomic E-state index is 0.102. The Labute approximate surface area is 147 Å². The summed E-state index contributed by atoms with van der Waals surface area (Å²) in [7, 11) is 2.16. The molecule has 6 heteroatoms. The van der Waals surface area contributed by atoms with E-state index in [-0.39, 0.29) is 11.9 Å². The number of aryl methyl sites for hydroxylation is 1. The summed E-state index contributed by atoms with van der Waals surface area (Å²) in [6, 6.07) is 9.99. The van der Waals surface area contributed by atoms with Gasteiger partial charge in [0.1, 0.15) is 5.69 Å². The second kappa shape index (κ2) is 7.88. The Balaban J connectivity index is 1.67. The highest BCUT2D eigenvalue weighted by Crippen LogP contribution is 2.25. The first-order chi connectivity index (χ1) is 11.6. The van der Waals surface area contributed by atoms with E-state index in [1.807, 2.05) is 19.1 Å². The van der Waals surface area contributed by atoms with Gasteiger partial charge in [-0.25, -0.2) is 4.98 Å². The van der Waals surface area contributed by atoms with E-state index in [0.717, 1.165) is 31.9 Å². The number of carbonyl (C=O) groups is 1. The molecule has 1 atom stereocenters. The molecule has 2 aromatic heterocycles. The van der Waals surface area contributed by atoms with Gasteiger partial charge in [-0.2, -0.15) is 0 Å². The second-order valence-electron chi connectivity index (χ2n) is 6.24. The maximum absolute atomic E-state index is 12.4. The fourth-order valence-electron chi connectivity index (χ4n) is 2.97. The first kappa shape index (κ1) is 17.1. The van der Waals surface area contributed by atoms with Crippen molar-refractivity contribution in [3.05, 3.63) is 52.0 Å². The molecule has 3 heterocycles. The van der Waals surface area contributed by atoms with Crippen LogP contribution in [0.15, 0.2) is 35.7 Å². The quantitative estimate of drug-likeness (QED) is 0.903. The fourth-order valence-corrected chi connectivity index (χ4v) is 3.83. The molecule has 0 bridgehead atoms. The molecule has 1 amide bonds. The molecule has 3 rings (SSSR count). The zero-order chi connectivity index (χ0) is 16.9. The Kier molecular flexibility index (Phi) is 5.60. The van der Waals surface area contributed by atoms with Crippen LogP contribution in [-0.2, 0) is 0 Å². The van der Waals surface area contributed by atoms with Crippen LogP contribution in [-0.4, -0.2) is 60.5 Å². The Morgan fingerprint density at radius 2 is 2.04 bits per heavy atom. The van der Waals surface area contributed by atoms with E-state index >= 15 is 0 Å². The summed E-state index contributed by atoms with van der Waals surface area (Å²) in [5.41, 5.74) is 1.34. The predicted octanol–water partition coefficient (Wildman–Crippen LogP) is 2.17. The van der Waals surface area contributed by atoms with Crippen molar-refractivity contribution in [1.82, 2.24) is 20.1 Å². The minimum Gasteiger partial charge on any atom is -0.349 e. The van der Waals surface area contributed by atoms with E-state index in [1.54, 1.807) is 17.4 Å². The van der Waals surface area contributed by atoms with E-state index in [0.29, 0.717) is 12.2 Å². The van der Waals surface area contributed by atoms with Gasteiger partial charge in [-0.15, -0.1) is 11.3 Å². The number of carbonyl (C=O) groups excluding carboxylic acids is 1. The van der Waals surface area contributed by atoms with Gasteiger partial charge in [0.25, 0.3) is 5.91 Å². The number of pyridine rings is 1. The lowest BCUT2D eigenvalue weighted by Crippen LogP contribution is -2.48. The van der Waals surface area contributed by atoms with Crippen molar-refractivity contribution in [3.8, 4) is 0 Å². The van der Waals surface area contributed by atoms with Gasteiger partial charge in [0.15, 0.2) is 0 Å². The number of hydrogen-bond acceptors (Lipinski definition) is 5. The molecular formula is C18H24N4OS. The van der Waals surface area contributed by atoms with Crippen molar-refractivity contribution in [3.63, 3.8) is 0 Å². The molecule has 0 radical (unpaired) electrons. The molecular weight excluding hydrogens is 320 g/mol. The first-order valence-corrected chi connectivity index (χ1v) is 9.19. The average molecular weight is 344 g/mol. The zero-order valence-electron chi connectivity index (χ0n) is 14.2. The van der Waals surface area contributed by atoms with E-state index in [9.17, 15) is 4.79 Å². The molecule has 24 heavy (non-hydrogen) atoms. The van der Waals surface area contributed by atoms with Crippen LogP contribution in [0.1, 0.15) is 27.1 Å². The van der Waals surface area contributed by atoms with Gasteiger partial charge in [0.05, 0.1) is 6.04 Å². The molecule has 5 nitrogen and oxygen atoms in total. The number of nitrogens with one attached hydrogen (secondary N) is 1. The SMILES string of the molecule is Cc1cccc(C(=O)NC[C@@H](c2cccs2)N2CCN(C)CC2)n1. The summed E-state index contributed by atoms with van der Waals surface area (Å²) in [6.45, 7) is 6.69. The molecule has 0 spiro atoms. The number of thiophene rings is 1. The Hall–Kier alpha value is -1.76. The molecule has 0 saturated carbocycles. The van der Waals surface area contributed by atoms with Gasteiger partial charge in [0, 0.05) is 43.3 Å². The molecule has 1 fully saturated rings. The van der Waals surface area contributed by atoms with E-state index in [1.165, 1.54) is 4.88 Å². The zero-order valence-corrected chi connectivity index (χ0v) is 15.1. The molecule has 0 aromatic carbocycles. The van der Waals surface area contributed by atoms with E-state index < -0.39 is 0 Å². The lowest BCUT2D eigenvalue weighted by atomic mass is 10.1. The number of hydrogen-bond donors (Lipinski definition) is 1. The topological polar surface area (TPSA) is 48.5 Å². The van der Waals surface area contributed by atoms with E-state index in [2.05, 4.69) is 44.7 Å². The molecule has 1 aliphatic heterocycles. The van der Waals surface area contributed by atoms with Crippen LogP contribution in [0.25, 0.3) is 0 Å². The third kappa shape index (κ3) is 4.20. The number of piperazine rings is 1. The molecule has 1 N–H and O–H groups in total. The highest BCUT2D eigenvalue weighted by molar-refractivity contribution is 7.10. The smallest absolute Gasteiger partial charge is 0.269 e. The van der Waals surface area contributed by atoms with Crippen LogP contribution in [0.2, 0.25) is 0 Å². The van der Waals surface area contributed by atoms with Gasteiger partial charge >= 0.3 is 0 Å². The van der Waals surface area contributed by atoms with Crippen molar-refractivity contribution in [2.24, 2.45) is 0 Å². The summed E-state index contributed by atoms with van der Waals surface area (Å²) < 4.78 is 0. The molecule has 1 aliphatic rings. The number of nitrogens with zero attached hydrogens (tertiary/aromatic N) is 3. The molecule has 0 aliphatic carbocycles. The summed E-state index contributed by atoms with van der Waals surface area (Å²) in [5, 5.41) is 5.17. The van der Waals surface area contributed by atoms with E-state index in [4.69, 9.17) is 0 Å². The Bertz CT molecular complexity index is 665. The number of likely N-dealkylation sites (N-methyl/N-ethyl adjacent to an activating group) is 1. The maximum Gasteiger partial charge on any atom is 0.269 e. The lowest BCUT2D eigenvalue weighted by molar-refractivity contribution is 0.0885. The third-order valence-electron chi connectivity index (χ3n) is 4.43. The maximum atomic E-state index is 12.4. The lowest BCUT2D eigenvalue weighted by Gasteiger charge is -2.37. The Morgan fingerprint density at radius 3 is 2.71 bits per heavy atom. The van der Waals surface area contributed by atoms with Crippen LogP contribution in [0.3, 0.4) is 0 Å². The van der Waals surface area contributed by atoms with Gasteiger partial charge in [-0.1, -0.05) is 12.1 Å². The predicted molar refractivity (Wildman–Crippen MR) is 97.4 cm³/mol. The summed E-state index contributed by atoms with van der Waals surface area (Å²) in [6.07, 6.45) is 0. The van der Waals surface area contributed by atoms with Crippen LogP contribution in [0, 0.1) is 6.92 Å². The average Bonchev–Trinajstić information content (AvgIpc) is 3.11. The molecule has 128 valence electrons. The van der Waals surface area contributed by atoms with Gasteiger partial charge in [-0.05, 0) is 37.6 Å².